The van der Waals surface area contributed by atoms with E-state index >= 15 is 0 Å². The van der Waals surface area contributed by atoms with E-state index in [0.29, 0.717) is 11.1 Å². The Bertz CT molecular complexity index is 766. The van der Waals surface area contributed by atoms with Crippen LogP contribution in [0.15, 0.2) is 60.2 Å². The number of Topliss-reactive ketones (excluding diaryl/α,β-unsaturated/α-hetero) is 1. The van der Waals surface area contributed by atoms with E-state index in [2.05, 4.69) is 17.9 Å². The lowest BCUT2D eigenvalue weighted by Crippen LogP contribution is -1.93. The van der Waals surface area contributed by atoms with Crippen molar-refractivity contribution in [1.29, 1.82) is 5.26 Å². The van der Waals surface area contributed by atoms with E-state index in [0.717, 1.165) is 11.1 Å². The van der Waals surface area contributed by atoms with Crippen molar-refractivity contribution in [3.8, 4) is 17.9 Å². The van der Waals surface area contributed by atoms with Crippen LogP contribution in [0.3, 0.4) is 0 Å². The summed E-state index contributed by atoms with van der Waals surface area (Å²) in [6, 6.07) is 18.6. The third kappa shape index (κ3) is 4.20. The van der Waals surface area contributed by atoms with Gasteiger partial charge in [-0.25, -0.2) is 0 Å². The Labute approximate surface area is 124 Å². The average molecular weight is 271 g/mol. The first-order valence-electron chi connectivity index (χ1n) is 6.49. The summed E-state index contributed by atoms with van der Waals surface area (Å²) in [5, 5.41) is 8.77. The van der Waals surface area contributed by atoms with Gasteiger partial charge in [-0.2, -0.15) is 5.26 Å². The van der Waals surface area contributed by atoms with E-state index in [1.807, 2.05) is 30.3 Å². The molecule has 0 saturated carbocycles. The van der Waals surface area contributed by atoms with Crippen LogP contribution in [0.2, 0.25) is 0 Å². The fourth-order valence-corrected chi connectivity index (χ4v) is 1.71. The van der Waals surface area contributed by atoms with Gasteiger partial charge in [0.05, 0.1) is 17.2 Å². The van der Waals surface area contributed by atoms with E-state index in [9.17, 15) is 4.79 Å². The van der Waals surface area contributed by atoms with E-state index in [1.54, 1.807) is 30.3 Å². The summed E-state index contributed by atoms with van der Waals surface area (Å²) in [5.41, 5.74) is 2.75. The van der Waals surface area contributed by atoms with Crippen molar-refractivity contribution >= 4 is 11.9 Å². The van der Waals surface area contributed by atoms with Crippen molar-refractivity contribution in [3.63, 3.8) is 0 Å². The SMILES string of the molecule is CC(=O)C(C#Cc1ccccc1)=Cc1ccc(C#N)cc1. The Kier molecular flexibility index (Phi) is 4.70. The molecule has 0 aliphatic carbocycles. The second-order valence-corrected chi connectivity index (χ2v) is 4.46. The monoisotopic (exact) mass is 271 g/mol. The third-order valence-corrected chi connectivity index (χ3v) is 2.85. The summed E-state index contributed by atoms with van der Waals surface area (Å²) in [6.45, 7) is 1.50. The van der Waals surface area contributed by atoms with Crippen LogP contribution >= 0.6 is 0 Å². The molecule has 0 radical (unpaired) electrons. The van der Waals surface area contributed by atoms with Gasteiger partial charge in [-0.05, 0) is 42.8 Å². The standard InChI is InChI=1S/C19H13NO/c1-15(21)19(12-11-16-5-3-2-4-6-16)13-17-7-9-18(14-20)10-8-17/h2-10,13H,1H3. The molecule has 0 saturated heterocycles. The van der Waals surface area contributed by atoms with Crippen molar-refractivity contribution in [2.24, 2.45) is 0 Å². The maximum absolute atomic E-state index is 11.7. The zero-order valence-corrected chi connectivity index (χ0v) is 11.6. The highest BCUT2D eigenvalue weighted by Crippen LogP contribution is 2.09. The fourth-order valence-electron chi connectivity index (χ4n) is 1.71. The van der Waals surface area contributed by atoms with Crippen molar-refractivity contribution in [1.82, 2.24) is 0 Å². The molecule has 0 aromatic heterocycles. The number of benzene rings is 2. The highest BCUT2D eigenvalue weighted by atomic mass is 16.1. The Balaban J connectivity index is 2.31. The van der Waals surface area contributed by atoms with E-state index < -0.39 is 0 Å². The van der Waals surface area contributed by atoms with Crippen molar-refractivity contribution in [2.45, 2.75) is 6.92 Å². The van der Waals surface area contributed by atoms with Gasteiger partial charge < -0.3 is 0 Å². The molecule has 2 aromatic rings. The number of rotatable bonds is 2. The molecule has 0 spiro atoms. The zero-order chi connectivity index (χ0) is 15.1. The summed E-state index contributed by atoms with van der Waals surface area (Å²) in [7, 11) is 0. The van der Waals surface area contributed by atoms with E-state index in [1.165, 1.54) is 6.92 Å². The summed E-state index contributed by atoms with van der Waals surface area (Å²) < 4.78 is 0. The molecule has 2 nitrogen and oxygen atoms in total. The Morgan fingerprint density at radius 2 is 1.67 bits per heavy atom. The van der Waals surface area contributed by atoms with Gasteiger partial charge in [0.1, 0.15) is 0 Å². The van der Waals surface area contributed by atoms with Gasteiger partial charge in [-0.3, -0.25) is 4.79 Å². The van der Waals surface area contributed by atoms with Crippen LogP contribution in [-0.4, -0.2) is 5.78 Å². The Hall–Kier alpha value is -3.10. The maximum Gasteiger partial charge on any atom is 0.168 e. The molecule has 21 heavy (non-hydrogen) atoms. The third-order valence-electron chi connectivity index (χ3n) is 2.85. The summed E-state index contributed by atoms with van der Waals surface area (Å²) in [5.74, 6) is 5.81. The Morgan fingerprint density at radius 3 is 2.24 bits per heavy atom. The number of carbonyl (C=O) groups is 1. The minimum atomic E-state index is -0.0807. The van der Waals surface area contributed by atoms with Crippen LogP contribution in [-0.2, 0) is 4.79 Å². The normalized spacial score (nSPS) is 10.2. The maximum atomic E-state index is 11.7. The van der Waals surface area contributed by atoms with Gasteiger partial charge in [0.15, 0.2) is 5.78 Å². The van der Waals surface area contributed by atoms with Crippen LogP contribution in [0.1, 0.15) is 23.6 Å². The molecular formula is C19H13NO. The molecule has 2 aromatic carbocycles. The van der Waals surface area contributed by atoms with Crippen molar-refractivity contribution in [2.75, 3.05) is 0 Å². The first-order chi connectivity index (χ1) is 10.2. The number of nitriles is 1. The van der Waals surface area contributed by atoms with E-state index in [4.69, 9.17) is 5.26 Å². The van der Waals surface area contributed by atoms with Crippen molar-refractivity contribution < 1.29 is 4.79 Å². The topological polar surface area (TPSA) is 40.9 Å². The number of allylic oxidation sites excluding steroid dienone is 1. The van der Waals surface area contributed by atoms with Gasteiger partial charge >= 0.3 is 0 Å². The number of hydrogen-bond donors (Lipinski definition) is 0. The zero-order valence-electron chi connectivity index (χ0n) is 11.6. The molecule has 2 heteroatoms. The highest BCUT2D eigenvalue weighted by Gasteiger charge is 2.00. The number of ketones is 1. The van der Waals surface area contributed by atoms with Crippen LogP contribution in [0.5, 0.6) is 0 Å². The predicted octanol–water partition coefficient (Wildman–Crippen LogP) is 3.58. The van der Waals surface area contributed by atoms with Gasteiger partial charge in [0.2, 0.25) is 0 Å². The highest BCUT2D eigenvalue weighted by molar-refractivity contribution is 6.02. The Morgan fingerprint density at radius 1 is 1.00 bits per heavy atom. The molecule has 0 bridgehead atoms. The van der Waals surface area contributed by atoms with Gasteiger partial charge in [-0.1, -0.05) is 42.2 Å². The van der Waals surface area contributed by atoms with E-state index in [-0.39, 0.29) is 5.78 Å². The lowest BCUT2D eigenvalue weighted by Gasteiger charge is -1.96. The lowest BCUT2D eigenvalue weighted by atomic mass is 10.1. The molecule has 2 rings (SSSR count). The van der Waals surface area contributed by atoms with Crippen molar-refractivity contribution in [3.05, 3.63) is 76.9 Å². The molecule has 0 N–H and O–H groups in total. The number of nitrogens with zero attached hydrogens (tertiary/aromatic N) is 1. The smallest absolute Gasteiger partial charge is 0.168 e. The molecule has 0 aliphatic heterocycles. The lowest BCUT2D eigenvalue weighted by molar-refractivity contribution is -0.113. The average Bonchev–Trinajstić information content (AvgIpc) is 2.52. The molecule has 0 aliphatic rings. The molecule has 100 valence electrons. The molecule has 0 fully saturated rings. The van der Waals surface area contributed by atoms with Crippen LogP contribution in [0, 0.1) is 23.2 Å². The van der Waals surface area contributed by atoms with Gasteiger partial charge in [0.25, 0.3) is 0 Å². The predicted molar refractivity (Wildman–Crippen MR) is 83.1 cm³/mol. The van der Waals surface area contributed by atoms with Gasteiger partial charge in [0, 0.05) is 5.56 Å². The largest absolute Gasteiger partial charge is 0.294 e. The number of carbonyl (C=O) groups excluding carboxylic acids is 1. The molecule has 0 unspecified atom stereocenters. The van der Waals surface area contributed by atoms with Crippen LogP contribution < -0.4 is 0 Å². The summed E-state index contributed by atoms with van der Waals surface area (Å²) in [6.07, 6.45) is 1.74. The first kappa shape index (κ1) is 14.3. The molecule has 0 atom stereocenters. The van der Waals surface area contributed by atoms with Crippen LogP contribution in [0.25, 0.3) is 6.08 Å². The summed E-state index contributed by atoms with van der Waals surface area (Å²) >= 11 is 0. The second-order valence-electron chi connectivity index (χ2n) is 4.46. The first-order valence-corrected chi connectivity index (χ1v) is 6.49. The summed E-state index contributed by atoms with van der Waals surface area (Å²) in [4.78, 5) is 11.7. The van der Waals surface area contributed by atoms with Gasteiger partial charge in [-0.15, -0.1) is 0 Å². The molecule has 0 heterocycles. The fraction of sp³-hybridized carbons (Fsp3) is 0.0526. The van der Waals surface area contributed by atoms with Crippen LogP contribution in [0.4, 0.5) is 0 Å². The minimum absolute atomic E-state index is 0.0807. The molecular weight excluding hydrogens is 258 g/mol. The quantitative estimate of drug-likeness (QED) is 0.618. The second kappa shape index (κ2) is 6.89. The number of hydrogen-bond acceptors (Lipinski definition) is 2. The minimum Gasteiger partial charge on any atom is -0.294 e. The molecule has 0 amide bonds.